The van der Waals surface area contributed by atoms with Crippen molar-refractivity contribution < 1.29 is 9.53 Å². The lowest BCUT2D eigenvalue weighted by Gasteiger charge is -2.25. The van der Waals surface area contributed by atoms with Crippen LogP contribution in [0.5, 0.6) is 0 Å². The number of aromatic nitrogens is 4. The molecule has 1 aromatic carbocycles. The number of morpholine rings is 1. The number of ether oxygens (including phenoxy) is 1. The molecule has 0 radical (unpaired) electrons. The van der Waals surface area contributed by atoms with E-state index in [4.69, 9.17) is 4.74 Å². The van der Waals surface area contributed by atoms with Gasteiger partial charge in [0.2, 0.25) is 5.91 Å². The number of benzene rings is 1. The highest BCUT2D eigenvalue weighted by molar-refractivity contribution is 7.99. The lowest BCUT2D eigenvalue weighted by molar-refractivity contribution is -0.113. The van der Waals surface area contributed by atoms with Gasteiger partial charge in [0.05, 0.1) is 35.7 Å². The minimum Gasteiger partial charge on any atom is -0.379 e. The third kappa shape index (κ3) is 4.46. The van der Waals surface area contributed by atoms with E-state index < -0.39 is 0 Å². The summed E-state index contributed by atoms with van der Waals surface area (Å²) in [6.45, 7) is 4.06. The number of nitrogens with one attached hydrogen (secondary N) is 1. The first-order valence-electron chi connectivity index (χ1n) is 8.65. The Labute approximate surface area is 164 Å². The van der Waals surface area contributed by atoms with Crippen LogP contribution >= 0.6 is 23.1 Å². The second-order valence-corrected chi connectivity index (χ2v) is 8.14. The first-order valence-corrected chi connectivity index (χ1v) is 10.5. The van der Waals surface area contributed by atoms with E-state index in [1.165, 1.54) is 23.1 Å². The van der Waals surface area contributed by atoms with Crippen molar-refractivity contribution in [3.63, 3.8) is 0 Å². The normalized spacial score (nSPS) is 15.3. The molecule has 0 saturated carbocycles. The lowest BCUT2D eigenvalue weighted by Crippen LogP contribution is -2.36. The van der Waals surface area contributed by atoms with Crippen molar-refractivity contribution in [3.8, 4) is 0 Å². The van der Waals surface area contributed by atoms with Gasteiger partial charge in [-0.05, 0) is 12.1 Å². The monoisotopic (exact) mass is 404 g/mol. The van der Waals surface area contributed by atoms with E-state index in [1.807, 2.05) is 35.9 Å². The van der Waals surface area contributed by atoms with E-state index in [2.05, 4.69) is 25.4 Å². The van der Waals surface area contributed by atoms with Crippen molar-refractivity contribution in [3.05, 3.63) is 30.1 Å². The van der Waals surface area contributed by atoms with Crippen LogP contribution in [0, 0.1) is 0 Å². The summed E-state index contributed by atoms with van der Waals surface area (Å²) in [6.07, 6.45) is 0. The Morgan fingerprint density at radius 2 is 2.11 bits per heavy atom. The third-order valence-electron chi connectivity index (χ3n) is 4.27. The Hall–Kier alpha value is -2.01. The molecule has 1 fully saturated rings. The molecule has 1 N–H and O–H groups in total. The number of amides is 1. The molecule has 0 unspecified atom stereocenters. The molecule has 1 aliphatic heterocycles. The van der Waals surface area contributed by atoms with Gasteiger partial charge in [0.1, 0.15) is 5.82 Å². The minimum atomic E-state index is -0.100. The van der Waals surface area contributed by atoms with Crippen LogP contribution in [0.15, 0.2) is 29.4 Å². The van der Waals surface area contributed by atoms with Gasteiger partial charge < -0.3 is 14.6 Å². The fourth-order valence-corrected chi connectivity index (χ4v) is 4.39. The molecule has 3 heterocycles. The van der Waals surface area contributed by atoms with E-state index >= 15 is 0 Å². The maximum Gasteiger partial charge on any atom is 0.236 e. The van der Waals surface area contributed by atoms with E-state index in [-0.39, 0.29) is 11.7 Å². The quantitative estimate of drug-likeness (QED) is 0.629. The number of nitrogens with zero attached hydrogens (tertiary/aromatic N) is 5. The van der Waals surface area contributed by atoms with Gasteiger partial charge in [-0.1, -0.05) is 35.2 Å². The molecule has 0 bridgehead atoms. The Morgan fingerprint density at radius 3 is 2.93 bits per heavy atom. The van der Waals surface area contributed by atoms with Crippen LogP contribution in [0.1, 0.15) is 5.82 Å². The molecule has 1 aliphatic rings. The molecule has 10 heteroatoms. The van der Waals surface area contributed by atoms with Crippen molar-refractivity contribution in [1.82, 2.24) is 24.6 Å². The summed E-state index contributed by atoms with van der Waals surface area (Å²) >= 11 is 2.85. The molecule has 1 amide bonds. The Kier molecular flexibility index (Phi) is 5.67. The van der Waals surface area contributed by atoms with Crippen LogP contribution in [0.25, 0.3) is 10.2 Å². The van der Waals surface area contributed by atoms with Crippen LogP contribution in [0.3, 0.4) is 0 Å². The molecule has 0 spiro atoms. The van der Waals surface area contributed by atoms with Gasteiger partial charge in [0, 0.05) is 20.1 Å². The summed E-state index contributed by atoms with van der Waals surface area (Å²) in [5, 5.41) is 12.7. The number of thiazole rings is 1. The molecule has 0 atom stereocenters. The van der Waals surface area contributed by atoms with E-state index in [1.54, 1.807) is 0 Å². The fourth-order valence-electron chi connectivity index (χ4n) is 2.78. The number of carbonyl (C=O) groups is 1. The first-order chi connectivity index (χ1) is 13.2. The van der Waals surface area contributed by atoms with Crippen molar-refractivity contribution >= 4 is 44.4 Å². The number of para-hydroxylation sites is 1. The smallest absolute Gasteiger partial charge is 0.236 e. The zero-order chi connectivity index (χ0) is 18.6. The molecule has 8 nitrogen and oxygen atoms in total. The van der Waals surface area contributed by atoms with Crippen LogP contribution < -0.4 is 5.32 Å². The largest absolute Gasteiger partial charge is 0.379 e. The summed E-state index contributed by atoms with van der Waals surface area (Å²) in [6, 6.07) is 7.83. The zero-order valence-electron chi connectivity index (χ0n) is 14.9. The van der Waals surface area contributed by atoms with Gasteiger partial charge in [0.25, 0.3) is 0 Å². The SMILES string of the molecule is Cn1c(CN2CCOCC2)nnc1SCC(=O)Nc1nc2ccccc2s1. The standard InChI is InChI=1S/C17H20N6O2S2/c1-22-14(10-23-6-8-25-9-7-23)20-21-17(22)26-11-15(24)19-16-18-12-4-2-3-5-13(12)27-16/h2-5H,6-11H2,1H3,(H,18,19,24). The minimum absolute atomic E-state index is 0.100. The third-order valence-corrected chi connectivity index (χ3v) is 6.24. The second-order valence-electron chi connectivity index (χ2n) is 6.17. The molecule has 4 rings (SSSR count). The Morgan fingerprint density at radius 1 is 1.30 bits per heavy atom. The predicted octanol–water partition coefficient (Wildman–Crippen LogP) is 1.99. The number of hydrogen-bond donors (Lipinski definition) is 1. The number of carbonyl (C=O) groups excluding carboxylic acids is 1. The van der Waals surface area contributed by atoms with Crippen LogP contribution in [-0.4, -0.2) is 62.6 Å². The molecule has 142 valence electrons. The summed E-state index contributed by atoms with van der Waals surface area (Å²) in [4.78, 5) is 19.0. The van der Waals surface area contributed by atoms with Gasteiger partial charge >= 0.3 is 0 Å². The number of anilines is 1. The Balaban J connectivity index is 1.32. The topological polar surface area (TPSA) is 85.2 Å². The Bertz CT molecular complexity index is 902. The van der Waals surface area contributed by atoms with E-state index in [9.17, 15) is 4.79 Å². The highest BCUT2D eigenvalue weighted by Gasteiger charge is 2.17. The van der Waals surface area contributed by atoms with Gasteiger partial charge in [-0.3, -0.25) is 9.69 Å². The number of thioether (sulfide) groups is 1. The highest BCUT2D eigenvalue weighted by atomic mass is 32.2. The molecule has 0 aliphatic carbocycles. The van der Waals surface area contributed by atoms with Crippen molar-refractivity contribution in [2.45, 2.75) is 11.7 Å². The van der Waals surface area contributed by atoms with Crippen LogP contribution in [0.2, 0.25) is 0 Å². The maximum atomic E-state index is 12.3. The summed E-state index contributed by atoms with van der Waals surface area (Å²) in [5.74, 6) is 1.06. The van der Waals surface area contributed by atoms with Gasteiger partial charge in [-0.15, -0.1) is 10.2 Å². The fraction of sp³-hybridized carbons (Fsp3) is 0.412. The number of hydrogen-bond acceptors (Lipinski definition) is 8. The van der Waals surface area contributed by atoms with Crippen molar-refractivity contribution in [2.24, 2.45) is 7.05 Å². The van der Waals surface area contributed by atoms with E-state index in [0.717, 1.165) is 54.0 Å². The predicted molar refractivity (Wildman–Crippen MR) is 106 cm³/mol. The molecule has 27 heavy (non-hydrogen) atoms. The average Bonchev–Trinajstić information content (AvgIpc) is 3.24. The highest BCUT2D eigenvalue weighted by Crippen LogP contribution is 2.25. The zero-order valence-corrected chi connectivity index (χ0v) is 16.6. The first kappa shape index (κ1) is 18.4. The van der Waals surface area contributed by atoms with Crippen molar-refractivity contribution in [1.29, 1.82) is 0 Å². The van der Waals surface area contributed by atoms with Crippen molar-refractivity contribution in [2.75, 3.05) is 37.4 Å². The van der Waals surface area contributed by atoms with Crippen LogP contribution in [-0.2, 0) is 23.1 Å². The summed E-state index contributed by atoms with van der Waals surface area (Å²) in [7, 11) is 1.93. The van der Waals surface area contributed by atoms with Gasteiger partial charge in [-0.2, -0.15) is 0 Å². The molecule has 2 aromatic heterocycles. The average molecular weight is 405 g/mol. The number of rotatable bonds is 6. The molecular formula is C17H20N6O2S2. The summed E-state index contributed by atoms with van der Waals surface area (Å²) < 4.78 is 8.37. The van der Waals surface area contributed by atoms with E-state index in [0.29, 0.717) is 5.13 Å². The lowest BCUT2D eigenvalue weighted by atomic mass is 10.3. The van der Waals surface area contributed by atoms with Crippen LogP contribution in [0.4, 0.5) is 5.13 Å². The summed E-state index contributed by atoms with van der Waals surface area (Å²) in [5.41, 5.74) is 0.895. The molecular weight excluding hydrogens is 384 g/mol. The molecule has 3 aromatic rings. The van der Waals surface area contributed by atoms with Gasteiger partial charge in [0.15, 0.2) is 10.3 Å². The number of fused-ring (bicyclic) bond motifs is 1. The second kappa shape index (κ2) is 8.34. The molecule has 1 saturated heterocycles. The maximum absolute atomic E-state index is 12.3. The van der Waals surface area contributed by atoms with Gasteiger partial charge in [-0.25, -0.2) is 4.98 Å².